The molecule has 0 saturated carbocycles. The second kappa shape index (κ2) is 19.4. The van der Waals surface area contributed by atoms with Crippen LogP contribution in [0.4, 0.5) is 4.39 Å². The average Bonchev–Trinajstić information content (AvgIpc) is 2.66. The molecule has 152 valence electrons. The van der Waals surface area contributed by atoms with Gasteiger partial charge in [-0.25, -0.2) is 4.39 Å². The van der Waals surface area contributed by atoms with Crippen LogP contribution in [0, 0.1) is 5.82 Å². The lowest BCUT2D eigenvalue weighted by atomic mass is 10.1. The van der Waals surface area contributed by atoms with E-state index in [1.165, 1.54) is 37.6 Å². The Morgan fingerprint density at radius 2 is 1.54 bits per heavy atom. The van der Waals surface area contributed by atoms with Gasteiger partial charge in [0.25, 0.3) is 0 Å². The van der Waals surface area contributed by atoms with Crippen molar-refractivity contribution in [2.75, 3.05) is 20.7 Å². The summed E-state index contributed by atoms with van der Waals surface area (Å²) in [6.07, 6.45) is 1.53. The van der Waals surface area contributed by atoms with Crippen molar-refractivity contribution in [1.29, 1.82) is 0 Å². The van der Waals surface area contributed by atoms with Gasteiger partial charge in [-0.3, -0.25) is 9.59 Å². The van der Waals surface area contributed by atoms with Gasteiger partial charge in [-0.05, 0) is 24.1 Å². The number of carbonyl (C=O) groups excluding carboxylic acids is 2. The summed E-state index contributed by atoms with van der Waals surface area (Å²) >= 11 is 0. The Morgan fingerprint density at radius 3 is 1.92 bits per heavy atom. The van der Waals surface area contributed by atoms with Crippen LogP contribution >= 0.6 is 0 Å². The molecule has 1 atom stereocenters. The zero-order chi connectivity index (χ0) is 21.1. The fraction of sp³-hybridized carbons (Fsp3) is 0.600. The highest BCUT2D eigenvalue weighted by molar-refractivity contribution is 5.85. The maximum Gasteiger partial charge on any atom is 0.325 e. The van der Waals surface area contributed by atoms with E-state index < -0.39 is 12.0 Å². The van der Waals surface area contributed by atoms with Gasteiger partial charge in [0.05, 0.1) is 13.2 Å². The first kappa shape index (κ1) is 28.8. The molecule has 0 aliphatic heterocycles. The molecule has 0 heterocycles. The first-order chi connectivity index (χ1) is 12.3. The normalized spacial score (nSPS) is 9.77. The van der Waals surface area contributed by atoms with Crippen molar-refractivity contribution in [1.82, 2.24) is 4.90 Å². The van der Waals surface area contributed by atoms with Gasteiger partial charge in [0.2, 0.25) is 5.91 Å². The van der Waals surface area contributed by atoms with Gasteiger partial charge in [-0.15, -0.1) is 0 Å². The van der Waals surface area contributed by atoms with Gasteiger partial charge < -0.3 is 15.4 Å². The zero-order valence-electron chi connectivity index (χ0n) is 17.6. The molecule has 0 fully saturated rings. The minimum absolute atomic E-state index is 0.146. The highest BCUT2D eigenvalue weighted by Gasteiger charge is 2.20. The van der Waals surface area contributed by atoms with Crippen molar-refractivity contribution in [3.05, 3.63) is 35.6 Å². The van der Waals surface area contributed by atoms with Crippen LogP contribution in [0.3, 0.4) is 0 Å². The highest BCUT2D eigenvalue weighted by Crippen LogP contribution is 2.06. The van der Waals surface area contributed by atoms with Gasteiger partial charge in [-0.2, -0.15) is 0 Å². The Balaban J connectivity index is -0.000000663. The van der Waals surface area contributed by atoms with Gasteiger partial charge in [-0.1, -0.05) is 60.1 Å². The number of ether oxygens (including phenoxy) is 1. The summed E-state index contributed by atoms with van der Waals surface area (Å²) in [5.41, 5.74) is 6.53. The Kier molecular flexibility index (Phi) is 21.5. The number of amides is 1. The van der Waals surface area contributed by atoms with Crippen molar-refractivity contribution in [2.24, 2.45) is 5.73 Å². The summed E-state index contributed by atoms with van der Waals surface area (Å²) < 4.78 is 17.2. The fourth-order valence-corrected chi connectivity index (χ4v) is 1.58. The molecule has 6 heteroatoms. The van der Waals surface area contributed by atoms with E-state index in [1.54, 1.807) is 12.1 Å². The van der Waals surface area contributed by atoms with Crippen molar-refractivity contribution < 1.29 is 18.7 Å². The van der Waals surface area contributed by atoms with Crippen LogP contribution in [0.25, 0.3) is 0 Å². The van der Waals surface area contributed by atoms with Gasteiger partial charge in [0.15, 0.2) is 0 Å². The molecule has 0 bridgehead atoms. The number of esters is 1. The fourth-order valence-electron chi connectivity index (χ4n) is 1.58. The summed E-state index contributed by atoms with van der Waals surface area (Å²) in [7, 11) is 2.73. The third kappa shape index (κ3) is 14.4. The van der Waals surface area contributed by atoms with Crippen molar-refractivity contribution >= 4 is 11.9 Å². The number of likely N-dealkylation sites (N-methyl/N-ethyl adjacent to an activating group) is 1. The van der Waals surface area contributed by atoms with Crippen LogP contribution in [0.1, 0.15) is 53.5 Å². The Morgan fingerprint density at radius 1 is 1.12 bits per heavy atom. The molecule has 0 aromatic heterocycles. The number of hydrogen-bond donors (Lipinski definition) is 1. The van der Waals surface area contributed by atoms with Crippen molar-refractivity contribution in [2.45, 2.75) is 60.4 Å². The van der Waals surface area contributed by atoms with Gasteiger partial charge in [0, 0.05) is 7.05 Å². The lowest BCUT2D eigenvalue weighted by Gasteiger charge is -2.20. The first-order valence-electron chi connectivity index (χ1n) is 9.17. The summed E-state index contributed by atoms with van der Waals surface area (Å²) in [5, 5.41) is 0. The molecule has 1 amide bonds. The average molecular weight is 373 g/mol. The highest BCUT2D eigenvalue weighted by atomic mass is 19.1. The van der Waals surface area contributed by atoms with Crippen LogP contribution in [-0.2, 0) is 20.7 Å². The van der Waals surface area contributed by atoms with Crippen molar-refractivity contribution in [3.63, 3.8) is 0 Å². The van der Waals surface area contributed by atoms with Crippen LogP contribution < -0.4 is 5.73 Å². The van der Waals surface area contributed by atoms with Crippen LogP contribution in [0.2, 0.25) is 0 Å². The number of carbonyl (C=O) groups is 2. The van der Waals surface area contributed by atoms with Gasteiger partial charge >= 0.3 is 5.97 Å². The topological polar surface area (TPSA) is 72.6 Å². The maximum atomic E-state index is 12.7. The Hall–Kier alpha value is -1.95. The van der Waals surface area contributed by atoms with Crippen LogP contribution in [0.5, 0.6) is 0 Å². The van der Waals surface area contributed by atoms with E-state index >= 15 is 0 Å². The van der Waals surface area contributed by atoms with E-state index in [1.807, 2.05) is 27.7 Å². The quantitative estimate of drug-likeness (QED) is 0.798. The summed E-state index contributed by atoms with van der Waals surface area (Å²) in [4.78, 5) is 24.1. The molecule has 0 spiro atoms. The number of methoxy groups -OCH3 is 1. The largest absolute Gasteiger partial charge is 0.468 e. The van der Waals surface area contributed by atoms with E-state index in [0.717, 1.165) is 5.56 Å². The van der Waals surface area contributed by atoms with E-state index in [9.17, 15) is 14.0 Å². The molecule has 0 aliphatic rings. The number of rotatable bonds is 5. The maximum absolute atomic E-state index is 12.7. The predicted molar refractivity (Wildman–Crippen MR) is 106 cm³/mol. The first-order valence-corrected chi connectivity index (χ1v) is 9.17. The number of nitrogens with two attached hydrogens (primary N) is 1. The predicted octanol–water partition coefficient (Wildman–Crippen LogP) is 3.80. The number of benzene rings is 1. The molecule has 0 aliphatic carbocycles. The minimum Gasteiger partial charge on any atom is -0.468 e. The lowest BCUT2D eigenvalue weighted by Crippen LogP contribution is -2.45. The standard InChI is InChI=1S/C13H17FN2O3.C3H8.2C2H6/c1-16(8-12(17)19-2)13(18)11(15)7-9-3-5-10(14)6-4-9;1-3-2;2*1-2/h3-6,11H,7-8,15H2,1-2H3;3H2,1-2H3;2*1-2H3. The molecule has 1 aromatic rings. The second-order valence-corrected chi connectivity index (χ2v) is 4.91. The molecule has 0 radical (unpaired) electrons. The zero-order valence-corrected chi connectivity index (χ0v) is 17.6. The van der Waals surface area contributed by atoms with Crippen LogP contribution in [-0.4, -0.2) is 43.5 Å². The van der Waals surface area contributed by atoms with Crippen LogP contribution in [0.15, 0.2) is 24.3 Å². The summed E-state index contributed by atoms with van der Waals surface area (Å²) in [6.45, 7) is 12.1. The van der Waals surface area contributed by atoms with Gasteiger partial charge in [0.1, 0.15) is 12.4 Å². The minimum atomic E-state index is -0.778. The third-order valence-electron chi connectivity index (χ3n) is 2.66. The molecule has 0 saturated heterocycles. The summed E-state index contributed by atoms with van der Waals surface area (Å²) in [6, 6.07) is 4.99. The molecule has 2 N–H and O–H groups in total. The smallest absolute Gasteiger partial charge is 0.325 e. The number of hydrogen-bond acceptors (Lipinski definition) is 4. The second-order valence-electron chi connectivity index (χ2n) is 4.91. The molecule has 5 nitrogen and oxygen atoms in total. The number of nitrogens with zero attached hydrogens (tertiary/aromatic N) is 1. The Bertz CT molecular complexity index is 465. The molecule has 26 heavy (non-hydrogen) atoms. The molecular formula is C20H37FN2O3. The van der Waals surface area contributed by atoms with E-state index in [0.29, 0.717) is 0 Å². The summed E-state index contributed by atoms with van der Waals surface area (Å²) in [5.74, 6) is -1.22. The SMILES string of the molecule is CC.CC.CCC.COC(=O)CN(C)C(=O)C(N)Cc1ccc(F)cc1. The molecule has 1 rings (SSSR count). The van der Waals surface area contributed by atoms with Crippen molar-refractivity contribution in [3.8, 4) is 0 Å². The lowest BCUT2D eigenvalue weighted by molar-refractivity contribution is -0.146. The van der Waals surface area contributed by atoms with E-state index in [-0.39, 0.29) is 24.7 Å². The van der Waals surface area contributed by atoms with E-state index in [4.69, 9.17) is 5.73 Å². The molecule has 1 aromatic carbocycles. The third-order valence-corrected chi connectivity index (χ3v) is 2.66. The molecule has 1 unspecified atom stereocenters. The van der Waals surface area contributed by atoms with E-state index in [2.05, 4.69) is 18.6 Å². The Labute approximate surface area is 158 Å². The number of halogens is 1. The molecular weight excluding hydrogens is 335 g/mol. The monoisotopic (exact) mass is 372 g/mol.